The molecule has 0 saturated heterocycles. The van der Waals surface area contributed by atoms with Crippen molar-refractivity contribution >= 4 is 43.5 Å². The molecule has 0 fully saturated rings. The number of benzene rings is 9. The van der Waals surface area contributed by atoms with Crippen LogP contribution in [-0.4, -0.2) is 0 Å². The minimum absolute atomic E-state index is 0.112. The van der Waals surface area contributed by atoms with E-state index in [2.05, 4.69) is 179 Å². The lowest BCUT2D eigenvalue weighted by Gasteiger charge is -2.24. The van der Waals surface area contributed by atoms with Gasteiger partial charge in [-0.2, -0.15) is 5.26 Å². The SMILES string of the molecule is CC1(C)c2ccccc2-c2ccc(-c3c4ccccc4c(-c4ccc5c(c4)C(C)(C)c4ccccc4-5)c4cc(-c5ccc6oc7ccc(C#N)cc7c6c5)ccc34)cc21. The maximum Gasteiger partial charge on any atom is 0.135 e. The van der Waals surface area contributed by atoms with Crippen molar-refractivity contribution in [2.75, 3.05) is 0 Å². The highest BCUT2D eigenvalue weighted by Crippen LogP contribution is 2.53. The minimum atomic E-state index is -0.123. The molecular weight excluding hydrogens is 715 g/mol. The molecule has 1 aromatic heterocycles. The highest BCUT2D eigenvalue weighted by atomic mass is 16.3. The minimum Gasteiger partial charge on any atom is -0.456 e. The predicted molar refractivity (Wildman–Crippen MR) is 245 cm³/mol. The number of nitrogens with zero attached hydrogens (tertiary/aromatic N) is 1. The van der Waals surface area contributed by atoms with Crippen molar-refractivity contribution in [3.8, 4) is 61.7 Å². The van der Waals surface area contributed by atoms with Gasteiger partial charge in [0.2, 0.25) is 0 Å². The third-order valence-electron chi connectivity index (χ3n) is 13.7. The van der Waals surface area contributed by atoms with Crippen LogP contribution >= 0.6 is 0 Å². The fraction of sp³-hybridized carbons (Fsp3) is 0.105. The second-order valence-electron chi connectivity index (χ2n) is 17.6. The summed E-state index contributed by atoms with van der Waals surface area (Å²) in [6, 6.07) is 62.5. The Kier molecular flexibility index (Phi) is 6.84. The zero-order valence-electron chi connectivity index (χ0n) is 33.4. The summed E-state index contributed by atoms with van der Waals surface area (Å²) in [4.78, 5) is 0. The molecule has 0 atom stereocenters. The number of hydrogen-bond donors (Lipinski definition) is 0. The molecule has 10 aromatic rings. The molecule has 0 spiro atoms. The summed E-state index contributed by atoms with van der Waals surface area (Å²) in [6.45, 7) is 9.45. The number of nitriles is 1. The van der Waals surface area contributed by atoms with Gasteiger partial charge in [0.15, 0.2) is 0 Å². The molecule has 0 amide bonds. The molecule has 0 saturated carbocycles. The van der Waals surface area contributed by atoms with Gasteiger partial charge in [0.25, 0.3) is 0 Å². The Bertz CT molecular complexity index is 3510. The van der Waals surface area contributed by atoms with Gasteiger partial charge in [0.1, 0.15) is 11.2 Å². The normalized spacial score (nSPS) is 14.4. The third-order valence-corrected chi connectivity index (χ3v) is 13.7. The Hall–Kier alpha value is -7.21. The molecular formula is C57H39NO. The Balaban J connectivity index is 1.14. The summed E-state index contributed by atoms with van der Waals surface area (Å²) < 4.78 is 6.24. The van der Waals surface area contributed by atoms with Crippen LogP contribution in [0.4, 0.5) is 0 Å². The average Bonchev–Trinajstić information content (AvgIpc) is 3.83. The number of rotatable bonds is 3. The lowest BCUT2D eigenvalue weighted by molar-refractivity contribution is 0.660. The van der Waals surface area contributed by atoms with Gasteiger partial charge in [0, 0.05) is 21.6 Å². The first-order valence-corrected chi connectivity index (χ1v) is 20.6. The Morgan fingerprint density at radius 3 is 1.41 bits per heavy atom. The van der Waals surface area contributed by atoms with Gasteiger partial charge in [0.05, 0.1) is 11.6 Å². The topological polar surface area (TPSA) is 36.9 Å². The number of fused-ring (bicyclic) bond motifs is 11. The Morgan fingerprint density at radius 2 is 0.814 bits per heavy atom. The molecule has 278 valence electrons. The molecule has 2 heteroatoms. The Morgan fingerprint density at radius 1 is 0.373 bits per heavy atom. The van der Waals surface area contributed by atoms with Crippen molar-refractivity contribution in [3.63, 3.8) is 0 Å². The first kappa shape index (κ1) is 33.9. The summed E-state index contributed by atoms with van der Waals surface area (Å²) in [5.74, 6) is 0. The summed E-state index contributed by atoms with van der Waals surface area (Å²) in [7, 11) is 0. The highest BCUT2D eigenvalue weighted by molar-refractivity contribution is 6.22. The van der Waals surface area contributed by atoms with Gasteiger partial charge in [-0.3, -0.25) is 0 Å². The first-order valence-electron chi connectivity index (χ1n) is 20.6. The second kappa shape index (κ2) is 11.9. The molecule has 9 aromatic carbocycles. The van der Waals surface area contributed by atoms with Gasteiger partial charge in [-0.15, -0.1) is 0 Å². The van der Waals surface area contributed by atoms with Crippen LogP contribution < -0.4 is 0 Å². The number of furan rings is 1. The molecule has 12 rings (SSSR count). The van der Waals surface area contributed by atoms with Crippen LogP contribution in [-0.2, 0) is 10.8 Å². The van der Waals surface area contributed by atoms with Gasteiger partial charge < -0.3 is 4.42 Å². The van der Waals surface area contributed by atoms with E-state index in [0.717, 1.165) is 33.1 Å². The molecule has 2 nitrogen and oxygen atoms in total. The van der Waals surface area contributed by atoms with Gasteiger partial charge in [-0.05, 0) is 148 Å². The van der Waals surface area contributed by atoms with Crippen LogP contribution in [0.3, 0.4) is 0 Å². The van der Waals surface area contributed by atoms with E-state index in [1.165, 1.54) is 88.3 Å². The van der Waals surface area contributed by atoms with E-state index >= 15 is 0 Å². The average molecular weight is 754 g/mol. The summed E-state index contributed by atoms with van der Waals surface area (Å²) in [5.41, 5.74) is 20.0. The lowest BCUT2D eigenvalue weighted by Crippen LogP contribution is -2.15. The first-order chi connectivity index (χ1) is 28.7. The molecule has 59 heavy (non-hydrogen) atoms. The van der Waals surface area contributed by atoms with Crippen LogP contribution in [0.2, 0.25) is 0 Å². The van der Waals surface area contributed by atoms with Crippen molar-refractivity contribution in [1.29, 1.82) is 5.26 Å². The van der Waals surface area contributed by atoms with E-state index < -0.39 is 0 Å². The van der Waals surface area contributed by atoms with E-state index in [1.54, 1.807) is 0 Å². The monoisotopic (exact) mass is 753 g/mol. The van der Waals surface area contributed by atoms with E-state index in [9.17, 15) is 5.26 Å². The second-order valence-corrected chi connectivity index (χ2v) is 17.6. The van der Waals surface area contributed by atoms with Crippen LogP contribution in [0.5, 0.6) is 0 Å². The molecule has 2 aliphatic rings. The molecule has 0 N–H and O–H groups in total. The zero-order chi connectivity index (χ0) is 39.8. The number of hydrogen-bond acceptors (Lipinski definition) is 2. The summed E-state index contributed by atoms with van der Waals surface area (Å²) >= 11 is 0. The zero-order valence-corrected chi connectivity index (χ0v) is 33.4. The van der Waals surface area contributed by atoms with Crippen molar-refractivity contribution in [2.45, 2.75) is 38.5 Å². The van der Waals surface area contributed by atoms with Gasteiger partial charge in [-0.25, -0.2) is 0 Å². The maximum atomic E-state index is 9.70. The predicted octanol–water partition coefficient (Wildman–Crippen LogP) is 15.4. The van der Waals surface area contributed by atoms with Crippen molar-refractivity contribution in [1.82, 2.24) is 0 Å². The standard InChI is InChI=1S/C57H39NO/c1-56(2)48-15-9-7-11-38(48)40-22-19-36(30-50(40)56)54-42-13-5-6-14-43(42)55(37-20-23-41-39-12-8-10-16-49(39)57(3,4)51(41)31-37)47-29-34(18-24-44(47)54)35-21-26-53-46(28-35)45-27-33(32-58)17-25-52(45)59-53/h5-31H,1-4H3. The van der Waals surface area contributed by atoms with Crippen LogP contribution in [0.1, 0.15) is 55.5 Å². The van der Waals surface area contributed by atoms with Gasteiger partial charge in [-0.1, -0.05) is 143 Å². The quantitative estimate of drug-likeness (QED) is 0.169. The van der Waals surface area contributed by atoms with E-state index in [0.29, 0.717) is 5.56 Å². The maximum absolute atomic E-state index is 9.70. The molecule has 0 radical (unpaired) electrons. The van der Waals surface area contributed by atoms with Gasteiger partial charge >= 0.3 is 0 Å². The fourth-order valence-corrected chi connectivity index (χ4v) is 10.7. The Labute approximate surface area is 343 Å². The highest BCUT2D eigenvalue weighted by Gasteiger charge is 2.37. The van der Waals surface area contributed by atoms with E-state index in [4.69, 9.17) is 4.42 Å². The molecule has 0 bridgehead atoms. The van der Waals surface area contributed by atoms with Crippen LogP contribution in [0, 0.1) is 11.3 Å². The molecule has 0 aliphatic heterocycles. The third kappa shape index (κ3) is 4.68. The van der Waals surface area contributed by atoms with Crippen LogP contribution in [0.25, 0.3) is 99.1 Å². The summed E-state index contributed by atoms with van der Waals surface area (Å²) in [6.07, 6.45) is 0. The summed E-state index contributed by atoms with van der Waals surface area (Å²) in [5, 5.41) is 16.6. The van der Waals surface area contributed by atoms with Crippen molar-refractivity contribution in [2.24, 2.45) is 0 Å². The van der Waals surface area contributed by atoms with Crippen molar-refractivity contribution in [3.05, 3.63) is 192 Å². The van der Waals surface area contributed by atoms with Crippen LogP contribution in [0.15, 0.2) is 168 Å². The fourth-order valence-electron chi connectivity index (χ4n) is 10.7. The largest absolute Gasteiger partial charge is 0.456 e. The lowest BCUT2D eigenvalue weighted by atomic mass is 9.79. The van der Waals surface area contributed by atoms with E-state index in [1.807, 2.05) is 18.2 Å². The van der Waals surface area contributed by atoms with Crippen molar-refractivity contribution < 1.29 is 4.42 Å². The van der Waals surface area contributed by atoms with E-state index in [-0.39, 0.29) is 10.8 Å². The molecule has 2 aliphatic carbocycles. The molecule has 0 unspecified atom stereocenters. The smallest absolute Gasteiger partial charge is 0.135 e. The molecule has 1 heterocycles.